The van der Waals surface area contributed by atoms with E-state index < -0.39 is 6.10 Å². The van der Waals surface area contributed by atoms with Crippen LogP contribution in [0.25, 0.3) is 0 Å². The first-order valence-electron chi connectivity index (χ1n) is 5.65. The summed E-state index contributed by atoms with van der Waals surface area (Å²) >= 11 is 0. The monoisotopic (exact) mass is 251 g/mol. The number of aliphatic hydroxyl groups is 1. The highest BCUT2D eigenvalue weighted by molar-refractivity contribution is 5.18. The Hall–Kier alpha value is -1.79. The van der Waals surface area contributed by atoms with Crippen molar-refractivity contribution in [2.75, 3.05) is 13.1 Å². The molecule has 18 heavy (non-hydrogen) atoms. The van der Waals surface area contributed by atoms with E-state index in [0.717, 1.165) is 0 Å². The van der Waals surface area contributed by atoms with Gasteiger partial charge in [0.1, 0.15) is 5.82 Å². The molecule has 0 amide bonds. The highest BCUT2D eigenvalue weighted by atomic mass is 19.1. The Morgan fingerprint density at radius 1 is 1.44 bits per heavy atom. The van der Waals surface area contributed by atoms with Crippen molar-refractivity contribution in [2.24, 2.45) is 0 Å². The van der Waals surface area contributed by atoms with Crippen molar-refractivity contribution in [3.05, 3.63) is 47.9 Å². The average Bonchev–Trinajstić information content (AvgIpc) is 2.87. The Morgan fingerprint density at radius 2 is 2.33 bits per heavy atom. The molecule has 2 aromatic rings. The molecule has 0 spiro atoms. The molecule has 0 saturated carbocycles. The Morgan fingerprint density at radius 3 is 3.06 bits per heavy atom. The average molecular weight is 251 g/mol. The first kappa shape index (κ1) is 12.7. The van der Waals surface area contributed by atoms with Gasteiger partial charge in [-0.15, -0.1) is 0 Å². The Balaban J connectivity index is 1.73. The third-order valence-electron chi connectivity index (χ3n) is 2.50. The lowest BCUT2D eigenvalue weighted by Gasteiger charge is -2.11. The molecule has 6 heteroatoms. The van der Waals surface area contributed by atoms with Crippen molar-refractivity contribution >= 4 is 0 Å². The molecule has 5 nitrogen and oxygen atoms in total. The van der Waals surface area contributed by atoms with Gasteiger partial charge in [-0.1, -0.05) is 17.3 Å². The number of aliphatic hydroxyl groups excluding tert-OH is 1. The molecule has 1 aromatic carbocycles. The Kier molecular flexibility index (Phi) is 4.38. The van der Waals surface area contributed by atoms with E-state index >= 15 is 0 Å². The summed E-state index contributed by atoms with van der Waals surface area (Å²) in [4.78, 5) is 3.87. The lowest BCUT2D eigenvalue weighted by Crippen LogP contribution is -2.24. The minimum absolute atomic E-state index is 0.349. The van der Waals surface area contributed by atoms with E-state index in [1.54, 1.807) is 12.1 Å². The third-order valence-corrected chi connectivity index (χ3v) is 2.50. The molecule has 1 unspecified atom stereocenters. The van der Waals surface area contributed by atoms with Crippen LogP contribution in [-0.4, -0.2) is 28.3 Å². The van der Waals surface area contributed by atoms with Gasteiger partial charge in [0, 0.05) is 19.5 Å². The van der Waals surface area contributed by atoms with Crippen molar-refractivity contribution in [1.29, 1.82) is 0 Å². The lowest BCUT2D eigenvalue weighted by atomic mass is 10.1. The summed E-state index contributed by atoms with van der Waals surface area (Å²) in [5.41, 5.74) is 0.557. The molecule has 2 rings (SSSR count). The SMILES string of the molecule is OC(CNCCc1ncon1)c1cccc(F)c1. The van der Waals surface area contributed by atoms with Crippen LogP contribution < -0.4 is 5.32 Å². The predicted molar refractivity (Wildman–Crippen MR) is 62.2 cm³/mol. The van der Waals surface area contributed by atoms with Crippen molar-refractivity contribution in [2.45, 2.75) is 12.5 Å². The van der Waals surface area contributed by atoms with Gasteiger partial charge in [0.25, 0.3) is 0 Å². The van der Waals surface area contributed by atoms with Gasteiger partial charge in [-0.3, -0.25) is 0 Å². The molecule has 0 bridgehead atoms. The maximum atomic E-state index is 12.9. The van der Waals surface area contributed by atoms with E-state index in [0.29, 0.717) is 30.9 Å². The molecule has 1 heterocycles. The number of rotatable bonds is 6. The van der Waals surface area contributed by atoms with Gasteiger partial charge in [-0.2, -0.15) is 4.98 Å². The van der Waals surface area contributed by atoms with Crippen molar-refractivity contribution < 1.29 is 14.0 Å². The van der Waals surface area contributed by atoms with Crippen LogP contribution in [0.1, 0.15) is 17.5 Å². The fraction of sp³-hybridized carbons (Fsp3) is 0.333. The minimum atomic E-state index is -0.731. The molecule has 96 valence electrons. The van der Waals surface area contributed by atoms with Crippen molar-refractivity contribution in [3.63, 3.8) is 0 Å². The molecule has 1 aromatic heterocycles. The molecule has 1 atom stereocenters. The number of hydrogen-bond donors (Lipinski definition) is 2. The van der Waals surface area contributed by atoms with Crippen molar-refractivity contribution in [1.82, 2.24) is 15.5 Å². The van der Waals surface area contributed by atoms with Crippen LogP contribution in [0.5, 0.6) is 0 Å². The zero-order valence-corrected chi connectivity index (χ0v) is 9.71. The molecule has 0 aliphatic carbocycles. The van der Waals surface area contributed by atoms with E-state index in [1.807, 2.05) is 0 Å². The molecule has 0 radical (unpaired) electrons. The Bertz CT molecular complexity index is 476. The number of aromatic nitrogens is 2. The first-order chi connectivity index (χ1) is 8.75. The summed E-state index contributed by atoms with van der Waals surface area (Å²) < 4.78 is 17.5. The van der Waals surface area contributed by atoms with Crippen LogP contribution in [0.3, 0.4) is 0 Å². The first-order valence-corrected chi connectivity index (χ1v) is 5.65. The van der Waals surface area contributed by atoms with E-state index in [2.05, 4.69) is 20.0 Å². The maximum Gasteiger partial charge on any atom is 0.213 e. The van der Waals surface area contributed by atoms with E-state index in [-0.39, 0.29) is 5.82 Å². The third kappa shape index (κ3) is 3.61. The predicted octanol–water partition coefficient (Wildman–Crippen LogP) is 1.07. The standard InChI is InChI=1S/C12H14FN3O2/c13-10-3-1-2-9(6-10)11(17)7-14-5-4-12-15-8-18-16-12/h1-3,6,8,11,14,17H,4-5,7H2. The number of benzene rings is 1. The largest absolute Gasteiger partial charge is 0.387 e. The molecule has 0 aliphatic rings. The molecule has 0 saturated heterocycles. The summed E-state index contributed by atoms with van der Waals surface area (Å²) in [6.45, 7) is 0.965. The molecule has 2 N–H and O–H groups in total. The molecular weight excluding hydrogens is 237 g/mol. The van der Waals surface area contributed by atoms with Crippen LogP contribution in [0.2, 0.25) is 0 Å². The summed E-state index contributed by atoms with van der Waals surface area (Å²) in [5.74, 6) is 0.265. The zero-order valence-electron chi connectivity index (χ0n) is 9.71. The van der Waals surface area contributed by atoms with Gasteiger partial charge in [0.15, 0.2) is 5.82 Å². The van der Waals surface area contributed by atoms with E-state index in [9.17, 15) is 9.50 Å². The highest BCUT2D eigenvalue weighted by Gasteiger charge is 2.07. The van der Waals surface area contributed by atoms with Gasteiger partial charge < -0.3 is 14.9 Å². The van der Waals surface area contributed by atoms with Gasteiger partial charge in [-0.25, -0.2) is 4.39 Å². The van der Waals surface area contributed by atoms with Gasteiger partial charge in [-0.05, 0) is 17.7 Å². The minimum Gasteiger partial charge on any atom is -0.387 e. The second-order valence-electron chi connectivity index (χ2n) is 3.87. The molecule has 0 fully saturated rings. The normalized spacial score (nSPS) is 12.6. The second-order valence-corrected chi connectivity index (χ2v) is 3.87. The zero-order chi connectivity index (χ0) is 12.8. The topological polar surface area (TPSA) is 71.2 Å². The van der Waals surface area contributed by atoms with Gasteiger partial charge >= 0.3 is 0 Å². The number of hydrogen-bond acceptors (Lipinski definition) is 5. The quantitative estimate of drug-likeness (QED) is 0.751. The Labute approximate surface area is 104 Å². The van der Waals surface area contributed by atoms with Crippen LogP contribution in [-0.2, 0) is 6.42 Å². The molecule has 0 aliphatic heterocycles. The maximum absolute atomic E-state index is 12.9. The summed E-state index contributed by atoms with van der Waals surface area (Å²) in [5, 5.41) is 16.5. The number of nitrogens with one attached hydrogen (secondary N) is 1. The van der Waals surface area contributed by atoms with Gasteiger partial charge in [0.2, 0.25) is 6.39 Å². The fourth-order valence-electron chi connectivity index (χ4n) is 1.57. The van der Waals surface area contributed by atoms with Crippen LogP contribution in [0.15, 0.2) is 35.2 Å². The van der Waals surface area contributed by atoms with Crippen LogP contribution in [0.4, 0.5) is 4.39 Å². The van der Waals surface area contributed by atoms with Crippen LogP contribution in [0, 0.1) is 5.82 Å². The summed E-state index contributed by atoms with van der Waals surface area (Å²) in [6.07, 6.45) is 1.16. The highest BCUT2D eigenvalue weighted by Crippen LogP contribution is 2.12. The number of halogens is 1. The fourth-order valence-corrected chi connectivity index (χ4v) is 1.57. The van der Waals surface area contributed by atoms with Gasteiger partial charge in [0.05, 0.1) is 6.10 Å². The van der Waals surface area contributed by atoms with Crippen molar-refractivity contribution in [3.8, 4) is 0 Å². The van der Waals surface area contributed by atoms with E-state index in [4.69, 9.17) is 0 Å². The molecular formula is C12H14FN3O2. The van der Waals surface area contributed by atoms with Crippen LogP contribution >= 0.6 is 0 Å². The summed E-state index contributed by atoms with van der Waals surface area (Å²) in [7, 11) is 0. The second kappa shape index (κ2) is 6.23. The van der Waals surface area contributed by atoms with E-state index in [1.165, 1.54) is 18.5 Å². The summed E-state index contributed by atoms with van der Waals surface area (Å²) in [6, 6.07) is 5.94. The lowest BCUT2D eigenvalue weighted by molar-refractivity contribution is 0.174. The number of nitrogens with zero attached hydrogens (tertiary/aromatic N) is 2. The smallest absolute Gasteiger partial charge is 0.213 e.